The van der Waals surface area contributed by atoms with Gasteiger partial charge in [-0.1, -0.05) is 0 Å². The number of hydrogen-bond acceptors (Lipinski definition) is 6. The Morgan fingerprint density at radius 1 is 1.18 bits per heavy atom. The molecule has 0 fully saturated rings. The van der Waals surface area contributed by atoms with Crippen molar-refractivity contribution in [2.24, 2.45) is 0 Å². The summed E-state index contributed by atoms with van der Waals surface area (Å²) in [5.74, 6) is 0.751. The average Bonchev–Trinajstić information content (AvgIpc) is 2.82. The molecule has 0 aromatic heterocycles. The summed E-state index contributed by atoms with van der Waals surface area (Å²) in [5.41, 5.74) is 0.890. The van der Waals surface area contributed by atoms with Crippen LogP contribution in [0.25, 0.3) is 0 Å². The summed E-state index contributed by atoms with van der Waals surface area (Å²) >= 11 is 0. The summed E-state index contributed by atoms with van der Waals surface area (Å²) in [6.45, 7) is 0.657. The fraction of sp³-hybridized carbons (Fsp3) is 0.467. The van der Waals surface area contributed by atoms with Crippen molar-refractivity contribution in [3.05, 3.63) is 17.2 Å². The van der Waals surface area contributed by atoms with Gasteiger partial charge in [0.1, 0.15) is 6.04 Å². The maximum absolute atomic E-state index is 12.7. The molecule has 1 heterocycles. The highest BCUT2D eigenvalue weighted by molar-refractivity contribution is 6.03. The van der Waals surface area contributed by atoms with Crippen LogP contribution in [0.5, 0.6) is 17.2 Å². The van der Waals surface area contributed by atoms with E-state index in [1.165, 1.54) is 26.2 Å². The van der Waals surface area contributed by atoms with E-state index in [1.54, 1.807) is 13.2 Å². The maximum Gasteiger partial charge on any atom is 0.259 e. The molecule has 1 unspecified atom stereocenters. The Kier molecular flexibility index (Phi) is 4.73. The Balaban J connectivity index is 2.62. The van der Waals surface area contributed by atoms with E-state index in [4.69, 9.17) is 18.9 Å². The standard InChI is InChI=1S/C15H18N2O5/c1-19-6-5-17-10(8-16)9-7-11(20-2)13(21-3)14(22-4)12(9)15(17)18/h7,10H,5-6H2,1-4H3. The number of carbonyl (C=O) groups is 1. The van der Waals surface area contributed by atoms with Crippen LogP contribution < -0.4 is 14.2 Å². The Hall–Kier alpha value is -2.46. The van der Waals surface area contributed by atoms with Crippen LogP contribution >= 0.6 is 0 Å². The minimum Gasteiger partial charge on any atom is -0.493 e. The Morgan fingerprint density at radius 2 is 1.86 bits per heavy atom. The number of ether oxygens (including phenoxy) is 4. The quantitative estimate of drug-likeness (QED) is 0.790. The second kappa shape index (κ2) is 6.54. The van der Waals surface area contributed by atoms with E-state index in [0.29, 0.717) is 35.8 Å². The zero-order valence-electron chi connectivity index (χ0n) is 13.0. The van der Waals surface area contributed by atoms with Crippen LogP contribution in [0.15, 0.2) is 6.07 Å². The highest BCUT2D eigenvalue weighted by Crippen LogP contribution is 2.48. The number of benzene rings is 1. The third kappa shape index (κ3) is 2.31. The van der Waals surface area contributed by atoms with Crippen LogP contribution in [0, 0.1) is 11.3 Å². The van der Waals surface area contributed by atoms with E-state index in [0.717, 1.165) is 0 Å². The van der Waals surface area contributed by atoms with Gasteiger partial charge in [0.25, 0.3) is 5.91 Å². The summed E-state index contributed by atoms with van der Waals surface area (Å²) < 4.78 is 20.9. The third-order valence-corrected chi connectivity index (χ3v) is 3.60. The maximum atomic E-state index is 12.7. The lowest BCUT2D eigenvalue weighted by Gasteiger charge is -2.19. The normalized spacial score (nSPS) is 16.2. The van der Waals surface area contributed by atoms with Gasteiger partial charge in [-0.05, 0) is 6.07 Å². The molecule has 0 saturated carbocycles. The highest BCUT2D eigenvalue weighted by atomic mass is 16.5. The third-order valence-electron chi connectivity index (χ3n) is 3.60. The number of methoxy groups -OCH3 is 4. The molecule has 1 atom stereocenters. The van der Waals surface area contributed by atoms with Crippen LogP contribution in [0.3, 0.4) is 0 Å². The summed E-state index contributed by atoms with van der Waals surface area (Å²) in [5, 5.41) is 9.46. The van der Waals surface area contributed by atoms with E-state index in [2.05, 4.69) is 6.07 Å². The summed E-state index contributed by atoms with van der Waals surface area (Å²) in [7, 11) is 5.95. The van der Waals surface area contributed by atoms with Gasteiger partial charge in [0.05, 0.1) is 39.6 Å². The minimum atomic E-state index is -0.702. The number of carbonyl (C=O) groups excluding carboxylic acids is 1. The molecule has 7 nitrogen and oxygen atoms in total. The molecule has 1 amide bonds. The molecule has 22 heavy (non-hydrogen) atoms. The van der Waals surface area contributed by atoms with Crippen molar-refractivity contribution in [3.63, 3.8) is 0 Å². The van der Waals surface area contributed by atoms with Crippen molar-refractivity contribution in [1.29, 1.82) is 5.26 Å². The highest BCUT2D eigenvalue weighted by Gasteiger charge is 2.41. The van der Waals surface area contributed by atoms with Crippen molar-refractivity contribution in [2.75, 3.05) is 41.6 Å². The Bertz CT molecular complexity index is 623. The minimum absolute atomic E-state index is 0.280. The van der Waals surface area contributed by atoms with Gasteiger partial charge in [0.2, 0.25) is 5.75 Å². The molecule has 2 rings (SSSR count). The lowest BCUT2D eigenvalue weighted by molar-refractivity contribution is 0.0690. The fourth-order valence-electron chi connectivity index (χ4n) is 2.60. The molecule has 7 heteroatoms. The molecule has 0 saturated heterocycles. The van der Waals surface area contributed by atoms with Crippen molar-refractivity contribution >= 4 is 5.91 Å². The number of fused-ring (bicyclic) bond motifs is 1. The SMILES string of the molecule is COCCN1C(=O)c2c(cc(OC)c(OC)c2OC)C1C#N. The smallest absolute Gasteiger partial charge is 0.259 e. The Labute approximate surface area is 128 Å². The molecule has 0 bridgehead atoms. The molecule has 1 aromatic rings. The zero-order valence-corrected chi connectivity index (χ0v) is 13.0. The average molecular weight is 306 g/mol. The first-order valence-corrected chi connectivity index (χ1v) is 6.66. The van der Waals surface area contributed by atoms with Gasteiger partial charge in [0, 0.05) is 19.2 Å². The first kappa shape index (κ1) is 15.9. The van der Waals surface area contributed by atoms with Gasteiger partial charge in [-0.15, -0.1) is 0 Å². The molecule has 0 aliphatic carbocycles. The van der Waals surface area contributed by atoms with Crippen LogP contribution in [0.1, 0.15) is 22.0 Å². The molecule has 1 aliphatic heterocycles. The molecule has 0 radical (unpaired) electrons. The summed E-state index contributed by atoms with van der Waals surface area (Å²) in [4.78, 5) is 14.1. The van der Waals surface area contributed by atoms with E-state index in [-0.39, 0.29) is 11.7 Å². The molecule has 0 N–H and O–H groups in total. The summed E-state index contributed by atoms with van der Waals surface area (Å²) in [6, 6.07) is 3.09. The number of rotatable bonds is 6. The van der Waals surface area contributed by atoms with Gasteiger partial charge >= 0.3 is 0 Å². The Morgan fingerprint density at radius 3 is 2.36 bits per heavy atom. The molecular weight excluding hydrogens is 288 g/mol. The number of hydrogen-bond donors (Lipinski definition) is 0. The topological polar surface area (TPSA) is 81.0 Å². The van der Waals surface area contributed by atoms with Gasteiger partial charge < -0.3 is 23.8 Å². The predicted octanol–water partition coefficient (Wildman–Crippen LogP) is 1.38. The predicted molar refractivity (Wildman–Crippen MR) is 77.4 cm³/mol. The lowest BCUT2D eigenvalue weighted by atomic mass is 10.0. The van der Waals surface area contributed by atoms with Gasteiger partial charge in [-0.25, -0.2) is 0 Å². The second-order valence-corrected chi connectivity index (χ2v) is 4.63. The lowest BCUT2D eigenvalue weighted by Crippen LogP contribution is -2.30. The van der Waals surface area contributed by atoms with E-state index >= 15 is 0 Å². The molecule has 1 aromatic carbocycles. The molecule has 1 aliphatic rings. The fourth-order valence-corrected chi connectivity index (χ4v) is 2.60. The van der Waals surface area contributed by atoms with Crippen molar-refractivity contribution < 1.29 is 23.7 Å². The van der Waals surface area contributed by atoms with Gasteiger partial charge in [-0.3, -0.25) is 4.79 Å². The number of nitriles is 1. The first-order chi connectivity index (χ1) is 10.6. The van der Waals surface area contributed by atoms with Crippen LogP contribution in [-0.2, 0) is 4.74 Å². The largest absolute Gasteiger partial charge is 0.493 e. The van der Waals surface area contributed by atoms with Gasteiger partial charge in [-0.2, -0.15) is 5.26 Å². The molecular formula is C15H18N2O5. The van der Waals surface area contributed by atoms with E-state index in [9.17, 15) is 10.1 Å². The molecule has 118 valence electrons. The second-order valence-electron chi connectivity index (χ2n) is 4.63. The van der Waals surface area contributed by atoms with Crippen molar-refractivity contribution in [2.45, 2.75) is 6.04 Å². The van der Waals surface area contributed by atoms with Crippen molar-refractivity contribution in [3.8, 4) is 23.3 Å². The van der Waals surface area contributed by atoms with Crippen LogP contribution in [0.2, 0.25) is 0 Å². The molecule has 0 spiro atoms. The van der Waals surface area contributed by atoms with E-state index in [1.807, 2.05) is 0 Å². The summed E-state index contributed by atoms with van der Waals surface area (Å²) in [6.07, 6.45) is 0. The van der Waals surface area contributed by atoms with Crippen molar-refractivity contribution in [1.82, 2.24) is 4.90 Å². The zero-order chi connectivity index (χ0) is 16.3. The number of amides is 1. The van der Waals surface area contributed by atoms with Crippen LogP contribution in [-0.4, -0.2) is 52.4 Å². The monoisotopic (exact) mass is 306 g/mol. The van der Waals surface area contributed by atoms with Crippen LogP contribution in [0.4, 0.5) is 0 Å². The van der Waals surface area contributed by atoms with E-state index < -0.39 is 6.04 Å². The first-order valence-electron chi connectivity index (χ1n) is 6.66. The number of nitrogens with zero attached hydrogens (tertiary/aromatic N) is 2. The van der Waals surface area contributed by atoms with Gasteiger partial charge in [0.15, 0.2) is 11.5 Å².